The Labute approximate surface area is 115 Å². The highest BCUT2D eigenvalue weighted by Gasteiger charge is 2.16. The Morgan fingerprint density at radius 3 is 2.33 bits per heavy atom. The van der Waals surface area contributed by atoms with Crippen molar-refractivity contribution >= 4 is 11.9 Å². The van der Waals surface area contributed by atoms with Gasteiger partial charge in [-0.1, -0.05) is 18.0 Å². The van der Waals surface area contributed by atoms with Crippen LogP contribution < -0.4 is 9.47 Å². The third kappa shape index (κ3) is 4.78. The summed E-state index contributed by atoms with van der Waals surface area (Å²) in [5.41, 5.74) is 1.16. The van der Waals surface area contributed by atoms with Crippen LogP contribution in [0.1, 0.15) is 26.3 Å². The summed E-state index contributed by atoms with van der Waals surface area (Å²) in [6.07, 6.45) is 0. The van der Waals surface area contributed by atoms with Crippen molar-refractivity contribution in [2.24, 2.45) is 0 Å². The standard InChI is InChI=1S/C14H23NO2S/c1-14(2,3)18-15(4)10-11-7-8-12(16-5)9-13(11)17-6/h7-9H,10H2,1-6H3. The number of hydrogen-bond acceptors (Lipinski definition) is 4. The zero-order chi connectivity index (χ0) is 13.8. The third-order valence-electron chi connectivity index (χ3n) is 2.32. The van der Waals surface area contributed by atoms with Crippen molar-refractivity contribution in [2.75, 3.05) is 21.3 Å². The van der Waals surface area contributed by atoms with Crippen molar-refractivity contribution in [2.45, 2.75) is 32.1 Å². The van der Waals surface area contributed by atoms with Gasteiger partial charge in [0.1, 0.15) is 11.5 Å². The summed E-state index contributed by atoms with van der Waals surface area (Å²) in [6.45, 7) is 7.47. The minimum Gasteiger partial charge on any atom is -0.497 e. The number of ether oxygens (including phenoxy) is 2. The fourth-order valence-electron chi connectivity index (χ4n) is 1.72. The number of benzene rings is 1. The van der Waals surface area contributed by atoms with E-state index in [9.17, 15) is 0 Å². The van der Waals surface area contributed by atoms with Crippen molar-refractivity contribution in [1.82, 2.24) is 4.31 Å². The molecule has 0 heterocycles. The molecule has 0 atom stereocenters. The molecule has 0 amide bonds. The highest BCUT2D eigenvalue weighted by molar-refractivity contribution is 7.98. The molecule has 102 valence electrons. The highest BCUT2D eigenvalue weighted by atomic mass is 32.2. The Bertz CT molecular complexity index is 388. The molecule has 0 aliphatic carbocycles. The van der Waals surface area contributed by atoms with Crippen LogP contribution in [0.3, 0.4) is 0 Å². The summed E-state index contributed by atoms with van der Waals surface area (Å²) in [4.78, 5) is 0. The van der Waals surface area contributed by atoms with Crippen LogP contribution in [0.2, 0.25) is 0 Å². The summed E-state index contributed by atoms with van der Waals surface area (Å²) in [5, 5.41) is 0. The predicted octanol–water partition coefficient (Wildman–Crippen LogP) is 3.58. The van der Waals surface area contributed by atoms with Gasteiger partial charge in [0.25, 0.3) is 0 Å². The van der Waals surface area contributed by atoms with E-state index in [0.717, 1.165) is 23.6 Å². The van der Waals surface area contributed by atoms with Gasteiger partial charge in [-0.15, -0.1) is 0 Å². The third-order valence-corrected chi connectivity index (χ3v) is 3.31. The van der Waals surface area contributed by atoms with Gasteiger partial charge in [0, 0.05) is 22.9 Å². The number of rotatable bonds is 5. The fourth-order valence-corrected chi connectivity index (χ4v) is 2.86. The first-order valence-electron chi connectivity index (χ1n) is 5.97. The monoisotopic (exact) mass is 269 g/mol. The molecular weight excluding hydrogens is 246 g/mol. The molecular formula is C14H23NO2S. The van der Waals surface area contributed by atoms with Crippen LogP contribution in [0.4, 0.5) is 0 Å². The maximum absolute atomic E-state index is 5.40. The van der Waals surface area contributed by atoms with E-state index in [1.54, 1.807) is 14.2 Å². The summed E-state index contributed by atoms with van der Waals surface area (Å²) in [7, 11) is 5.45. The topological polar surface area (TPSA) is 21.7 Å². The molecule has 4 heteroatoms. The van der Waals surface area contributed by atoms with Crippen molar-refractivity contribution in [3.8, 4) is 11.5 Å². The molecule has 0 fully saturated rings. The summed E-state index contributed by atoms with van der Waals surface area (Å²) >= 11 is 1.83. The molecule has 0 radical (unpaired) electrons. The maximum atomic E-state index is 5.40. The van der Waals surface area contributed by atoms with E-state index < -0.39 is 0 Å². The molecule has 3 nitrogen and oxygen atoms in total. The zero-order valence-electron chi connectivity index (χ0n) is 12.1. The van der Waals surface area contributed by atoms with E-state index in [-0.39, 0.29) is 4.75 Å². The Balaban J connectivity index is 2.77. The van der Waals surface area contributed by atoms with Gasteiger partial charge >= 0.3 is 0 Å². The van der Waals surface area contributed by atoms with Gasteiger partial charge in [-0.05, 0) is 33.9 Å². The molecule has 0 N–H and O–H groups in total. The first kappa shape index (κ1) is 15.2. The first-order chi connectivity index (χ1) is 8.35. The molecule has 1 aromatic carbocycles. The summed E-state index contributed by atoms with van der Waals surface area (Å²) in [6, 6.07) is 5.94. The molecule has 1 aromatic rings. The molecule has 1 rings (SSSR count). The molecule has 0 aliphatic rings. The zero-order valence-corrected chi connectivity index (χ0v) is 12.9. The Hall–Kier alpha value is -0.870. The second-order valence-corrected chi connectivity index (χ2v) is 7.20. The minimum atomic E-state index is 0.217. The molecule has 0 spiro atoms. The van der Waals surface area contributed by atoms with Gasteiger partial charge in [0.15, 0.2) is 0 Å². The lowest BCUT2D eigenvalue weighted by atomic mass is 10.2. The van der Waals surface area contributed by atoms with E-state index in [0.29, 0.717) is 0 Å². The van der Waals surface area contributed by atoms with Gasteiger partial charge in [-0.3, -0.25) is 0 Å². The molecule has 0 unspecified atom stereocenters. The van der Waals surface area contributed by atoms with Crippen LogP contribution in [0, 0.1) is 0 Å². The van der Waals surface area contributed by atoms with Crippen LogP contribution in [0.5, 0.6) is 11.5 Å². The highest BCUT2D eigenvalue weighted by Crippen LogP contribution is 2.31. The van der Waals surface area contributed by atoms with E-state index in [1.807, 2.05) is 24.1 Å². The molecule has 0 aromatic heterocycles. The lowest BCUT2D eigenvalue weighted by Gasteiger charge is -2.26. The average Bonchev–Trinajstić information content (AvgIpc) is 2.27. The quantitative estimate of drug-likeness (QED) is 0.762. The van der Waals surface area contributed by atoms with Gasteiger partial charge in [-0.25, -0.2) is 4.31 Å². The van der Waals surface area contributed by atoms with Crippen LogP contribution in [0.25, 0.3) is 0 Å². The normalized spacial score (nSPS) is 11.7. The van der Waals surface area contributed by atoms with E-state index in [2.05, 4.69) is 38.2 Å². The largest absolute Gasteiger partial charge is 0.497 e. The molecule has 0 saturated carbocycles. The van der Waals surface area contributed by atoms with Gasteiger partial charge < -0.3 is 9.47 Å². The number of nitrogens with zero attached hydrogens (tertiary/aromatic N) is 1. The first-order valence-corrected chi connectivity index (χ1v) is 6.74. The molecule has 18 heavy (non-hydrogen) atoms. The lowest BCUT2D eigenvalue weighted by molar-refractivity contribution is 0.386. The predicted molar refractivity (Wildman–Crippen MR) is 78.4 cm³/mol. The van der Waals surface area contributed by atoms with E-state index >= 15 is 0 Å². The van der Waals surface area contributed by atoms with Crippen molar-refractivity contribution in [1.29, 1.82) is 0 Å². The van der Waals surface area contributed by atoms with Crippen molar-refractivity contribution in [3.05, 3.63) is 23.8 Å². The average molecular weight is 269 g/mol. The smallest absolute Gasteiger partial charge is 0.127 e. The molecule has 0 saturated heterocycles. The van der Waals surface area contributed by atoms with E-state index in [4.69, 9.17) is 9.47 Å². The second-order valence-electron chi connectivity index (χ2n) is 5.17. The van der Waals surface area contributed by atoms with Crippen molar-refractivity contribution in [3.63, 3.8) is 0 Å². The SMILES string of the molecule is COc1ccc(CN(C)SC(C)(C)C)c(OC)c1. The lowest BCUT2D eigenvalue weighted by Crippen LogP contribution is -2.19. The van der Waals surface area contributed by atoms with Gasteiger partial charge in [0.2, 0.25) is 0 Å². The van der Waals surface area contributed by atoms with E-state index in [1.165, 1.54) is 0 Å². The van der Waals surface area contributed by atoms with Crippen LogP contribution in [-0.2, 0) is 6.54 Å². The molecule has 0 aliphatic heterocycles. The Kier molecular flexibility index (Phi) is 5.35. The molecule has 0 bridgehead atoms. The maximum Gasteiger partial charge on any atom is 0.127 e. The number of hydrogen-bond donors (Lipinski definition) is 0. The fraction of sp³-hybridized carbons (Fsp3) is 0.571. The Morgan fingerprint density at radius 2 is 1.83 bits per heavy atom. The minimum absolute atomic E-state index is 0.217. The Morgan fingerprint density at radius 1 is 1.17 bits per heavy atom. The van der Waals surface area contributed by atoms with Crippen LogP contribution >= 0.6 is 11.9 Å². The summed E-state index contributed by atoms with van der Waals surface area (Å²) in [5.74, 6) is 1.69. The number of methoxy groups -OCH3 is 2. The van der Waals surface area contributed by atoms with Gasteiger partial charge in [0.05, 0.1) is 14.2 Å². The van der Waals surface area contributed by atoms with Gasteiger partial charge in [-0.2, -0.15) is 0 Å². The van der Waals surface area contributed by atoms with Crippen LogP contribution in [-0.4, -0.2) is 30.3 Å². The summed E-state index contributed by atoms with van der Waals surface area (Å²) < 4.78 is 13.0. The second kappa shape index (κ2) is 6.34. The van der Waals surface area contributed by atoms with Crippen molar-refractivity contribution < 1.29 is 9.47 Å². The van der Waals surface area contributed by atoms with Crippen LogP contribution in [0.15, 0.2) is 18.2 Å².